The van der Waals surface area contributed by atoms with Crippen molar-refractivity contribution in [2.45, 2.75) is 26.7 Å². The van der Waals surface area contributed by atoms with Crippen LogP contribution < -0.4 is 10.6 Å². The molecule has 1 aromatic carbocycles. The highest BCUT2D eigenvalue weighted by molar-refractivity contribution is 5.80. The molecule has 124 valence electrons. The summed E-state index contributed by atoms with van der Waals surface area (Å²) in [6, 6.07) is 5.93. The lowest BCUT2D eigenvalue weighted by atomic mass is 10.0. The second-order valence-corrected chi connectivity index (χ2v) is 6.13. The van der Waals surface area contributed by atoms with Gasteiger partial charge in [-0.2, -0.15) is 0 Å². The Bertz CT molecular complexity index is 736. The monoisotopic (exact) mass is 316 g/mol. The minimum Gasteiger partial charge on any atom is -0.368 e. The van der Waals surface area contributed by atoms with E-state index in [0.717, 1.165) is 55.7 Å². The number of rotatable bonds is 4. The Morgan fingerprint density at radius 1 is 1.09 bits per heavy atom. The average molecular weight is 316 g/mol. The maximum Gasteiger partial charge on any atom is 0.323 e. The van der Waals surface area contributed by atoms with Crippen LogP contribution >= 0.6 is 0 Å². The highest BCUT2D eigenvalue weighted by Gasteiger charge is 2.25. The van der Waals surface area contributed by atoms with Gasteiger partial charge in [0.2, 0.25) is 5.91 Å². The van der Waals surface area contributed by atoms with Crippen LogP contribution in [-0.4, -0.2) is 47.0 Å². The molecule has 1 aromatic heterocycles. The van der Waals surface area contributed by atoms with E-state index in [1.165, 1.54) is 0 Å². The van der Waals surface area contributed by atoms with Crippen molar-refractivity contribution < 1.29 is 4.79 Å². The normalized spacial score (nSPS) is 15.6. The summed E-state index contributed by atoms with van der Waals surface area (Å²) in [5.41, 5.74) is 2.55. The lowest BCUT2D eigenvalue weighted by Gasteiger charge is -2.37. The van der Waals surface area contributed by atoms with Gasteiger partial charge in [0.25, 0.3) is 0 Å². The smallest absolute Gasteiger partial charge is 0.323 e. The van der Waals surface area contributed by atoms with E-state index in [9.17, 15) is 9.59 Å². The van der Waals surface area contributed by atoms with Gasteiger partial charge in [-0.05, 0) is 31.0 Å². The van der Waals surface area contributed by atoms with Crippen LogP contribution in [0.5, 0.6) is 0 Å². The van der Waals surface area contributed by atoms with E-state index < -0.39 is 0 Å². The predicted octanol–water partition coefficient (Wildman–Crippen LogP) is 1.94. The molecule has 6 nitrogen and oxygen atoms in total. The van der Waals surface area contributed by atoms with Crippen molar-refractivity contribution >= 4 is 22.6 Å². The number of benzene rings is 1. The van der Waals surface area contributed by atoms with E-state index in [4.69, 9.17) is 0 Å². The van der Waals surface area contributed by atoms with Gasteiger partial charge in [0.15, 0.2) is 0 Å². The molecule has 1 fully saturated rings. The molecule has 1 aliphatic rings. The van der Waals surface area contributed by atoms with Crippen molar-refractivity contribution in [1.29, 1.82) is 0 Å². The van der Waals surface area contributed by atoms with Crippen LogP contribution in [0.3, 0.4) is 0 Å². The van der Waals surface area contributed by atoms with Gasteiger partial charge < -0.3 is 19.8 Å². The second-order valence-electron chi connectivity index (χ2n) is 6.13. The van der Waals surface area contributed by atoms with Crippen LogP contribution in [0.15, 0.2) is 23.0 Å². The standard InChI is InChI=1S/C17H24N4O2/c1-3-12(4-2)16(22)21-9-7-20(8-10-21)13-5-6-14-15(11-13)19-17(23)18-14/h5-6,11-12H,3-4,7-10H2,1-2H3,(H2,18,19,23). The number of carbonyl (C=O) groups excluding carboxylic acids is 1. The lowest BCUT2D eigenvalue weighted by molar-refractivity contribution is -0.136. The molecule has 2 heterocycles. The van der Waals surface area contributed by atoms with Gasteiger partial charge in [-0.25, -0.2) is 4.79 Å². The van der Waals surface area contributed by atoms with Crippen LogP contribution in [0, 0.1) is 5.92 Å². The molecule has 0 radical (unpaired) electrons. The molecular weight excluding hydrogens is 292 g/mol. The second kappa shape index (κ2) is 6.48. The number of anilines is 1. The third-order valence-electron chi connectivity index (χ3n) is 4.79. The summed E-state index contributed by atoms with van der Waals surface area (Å²) in [5.74, 6) is 0.447. The van der Waals surface area contributed by atoms with Gasteiger partial charge in [0.1, 0.15) is 0 Å². The number of piperazine rings is 1. The number of amides is 1. The molecular formula is C17H24N4O2. The number of fused-ring (bicyclic) bond motifs is 1. The first kappa shape index (κ1) is 15.6. The van der Waals surface area contributed by atoms with Crippen LogP contribution in [0.1, 0.15) is 26.7 Å². The van der Waals surface area contributed by atoms with E-state index in [1.807, 2.05) is 23.1 Å². The van der Waals surface area contributed by atoms with Crippen molar-refractivity contribution in [2.75, 3.05) is 31.1 Å². The molecule has 0 atom stereocenters. The molecule has 1 amide bonds. The van der Waals surface area contributed by atoms with E-state index in [-0.39, 0.29) is 11.6 Å². The first-order chi connectivity index (χ1) is 11.1. The maximum atomic E-state index is 12.4. The summed E-state index contributed by atoms with van der Waals surface area (Å²) in [6.07, 6.45) is 1.82. The number of imidazole rings is 1. The number of carbonyl (C=O) groups is 1. The Morgan fingerprint density at radius 2 is 1.74 bits per heavy atom. The third-order valence-corrected chi connectivity index (χ3v) is 4.79. The number of nitrogens with one attached hydrogen (secondary N) is 2. The topological polar surface area (TPSA) is 72.2 Å². The van der Waals surface area contributed by atoms with E-state index >= 15 is 0 Å². The molecule has 0 bridgehead atoms. The molecule has 6 heteroatoms. The van der Waals surface area contributed by atoms with Gasteiger partial charge >= 0.3 is 5.69 Å². The fourth-order valence-electron chi connectivity index (χ4n) is 3.30. The molecule has 0 saturated carbocycles. The van der Waals surface area contributed by atoms with Gasteiger partial charge in [-0.15, -0.1) is 0 Å². The van der Waals surface area contributed by atoms with Crippen LogP contribution in [-0.2, 0) is 4.79 Å². The summed E-state index contributed by atoms with van der Waals surface area (Å²) in [6.45, 7) is 7.33. The van der Waals surface area contributed by atoms with Gasteiger partial charge in [-0.3, -0.25) is 4.79 Å². The summed E-state index contributed by atoms with van der Waals surface area (Å²) in [4.78, 5) is 33.6. The molecule has 2 N–H and O–H groups in total. The highest BCUT2D eigenvalue weighted by Crippen LogP contribution is 2.21. The first-order valence-corrected chi connectivity index (χ1v) is 8.38. The van der Waals surface area contributed by atoms with Crippen molar-refractivity contribution in [1.82, 2.24) is 14.9 Å². The zero-order valence-electron chi connectivity index (χ0n) is 13.8. The number of hydrogen-bond donors (Lipinski definition) is 2. The quantitative estimate of drug-likeness (QED) is 0.905. The van der Waals surface area contributed by atoms with Gasteiger partial charge in [0.05, 0.1) is 11.0 Å². The predicted molar refractivity (Wildman–Crippen MR) is 91.8 cm³/mol. The lowest BCUT2D eigenvalue weighted by Crippen LogP contribution is -2.50. The number of hydrogen-bond acceptors (Lipinski definition) is 3. The molecule has 1 saturated heterocycles. The number of aromatic nitrogens is 2. The van der Waals surface area contributed by atoms with Gasteiger partial charge in [-0.1, -0.05) is 13.8 Å². The Labute approximate surface area is 135 Å². The summed E-state index contributed by atoms with van der Waals surface area (Å²) in [5, 5.41) is 0. The Balaban J connectivity index is 1.68. The molecule has 0 unspecified atom stereocenters. The number of H-pyrrole nitrogens is 2. The fraction of sp³-hybridized carbons (Fsp3) is 0.529. The zero-order chi connectivity index (χ0) is 16.4. The Hall–Kier alpha value is -2.24. The third kappa shape index (κ3) is 3.11. The fourth-order valence-corrected chi connectivity index (χ4v) is 3.30. The minimum absolute atomic E-state index is 0.155. The summed E-state index contributed by atoms with van der Waals surface area (Å²) >= 11 is 0. The van der Waals surface area contributed by atoms with Crippen LogP contribution in [0.2, 0.25) is 0 Å². The minimum atomic E-state index is -0.183. The maximum absolute atomic E-state index is 12.4. The van der Waals surface area contributed by atoms with Crippen LogP contribution in [0.25, 0.3) is 11.0 Å². The molecule has 3 rings (SSSR count). The number of aromatic amines is 2. The SMILES string of the molecule is CCC(CC)C(=O)N1CCN(c2ccc3[nH]c(=O)[nH]c3c2)CC1. The molecule has 23 heavy (non-hydrogen) atoms. The average Bonchev–Trinajstić information content (AvgIpc) is 2.95. The zero-order valence-corrected chi connectivity index (χ0v) is 13.8. The van der Waals surface area contributed by atoms with E-state index in [0.29, 0.717) is 5.91 Å². The van der Waals surface area contributed by atoms with Crippen molar-refractivity contribution in [2.24, 2.45) is 5.92 Å². The van der Waals surface area contributed by atoms with Crippen molar-refractivity contribution in [3.8, 4) is 0 Å². The van der Waals surface area contributed by atoms with E-state index in [1.54, 1.807) is 0 Å². The largest absolute Gasteiger partial charge is 0.368 e. The molecule has 0 spiro atoms. The molecule has 1 aliphatic heterocycles. The van der Waals surface area contributed by atoms with Crippen LogP contribution in [0.4, 0.5) is 5.69 Å². The first-order valence-electron chi connectivity index (χ1n) is 8.38. The molecule has 0 aliphatic carbocycles. The Kier molecular flexibility index (Phi) is 4.41. The van der Waals surface area contributed by atoms with Gasteiger partial charge in [0, 0.05) is 37.8 Å². The highest BCUT2D eigenvalue weighted by atomic mass is 16.2. The van der Waals surface area contributed by atoms with E-state index in [2.05, 4.69) is 28.7 Å². The summed E-state index contributed by atoms with van der Waals surface area (Å²) < 4.78 is 0. The van der Waals surface area contributed by atoms with Crippen molar-refractivity contribution in [3.05, 3.63) is 28.7 Å². The summed E-state index contributed by atoms with van der Waals surface area (Å²) in [7, 11) is 0. The molecule has 2 aromatic rings. The van der Waals surface area contributed by atoms with Crippen molar-refractivity contribution in [3.63, 3.8) is 0 Å². The Morgan fingerprint density at radius 3 is 2.39 bits per heavy atom. The number of nitrogens with zero attached hydrogens (tertiary/aromatic N) is 2.